The summed E-state index contributed by atoms with van der Waals surface area (Å²) in [5, 5.41) is 4.26. The lowest BCUT2D eigenvalue weighted by molar-refractivity contribution is 0.630. The van der Waals surface area contributed by atoms with Crippen LogP contribution in [0.2, 0.25) is 0 Å². The van der Waals surface area contributed by atoms with Crippen molar-refractivity contribution >= 4 is 38.4 Å². The third-order valence-electron chi connectivity index (χ3n) is 2.62. The minimum absolute atomic E-state index is 0.204. The van der Waals surface area contributed by atoms with E-state index < -0.39 is 0 Å². The largest absolute Gasteiger partial charge is 0.359 e. The molecule has 1 unspecified atom stereocenters. The van der Waals surface area contributed by atoms with Crippen molar-refractivity contribution in [3.05, 3.63) is 24.0 Å². The Morgan fingerprint density at radius 1 is 1.50 bits per heavy atom. The van der Waals surface area contributed by atoms with Crippen LogP contribution in [0.4, 0.5) is 9.52 Å². The Bertz CT molecular complexity index is 513. The average molecular weight is 284 g/mol. The molecule has 2 nitrogen and oxygen atoms in total. The van der Waals surface area contributed by atoms with Gasteiger partial charge in [0, 0.05) is 6.04 Å². The Kier molecular flexibility index (Phi) is 4.83. The molecule has 0 radical (unpaired) electrons. The van der Waals surface area contributed by atoms with E-state index in [1.54, 1.807) is 6.07 Å². The molecule has 0 fully saturated rings. The number of benzene rings is 1. The monoisotopic (exact) mass is 284 g/mol. The zero-order valence-electron chi connectivity index (χ0n) is 10.6. The number of nitrogens with one attached hydrogen (secondary N) is 1. The fraction of sp³-hybridized carbons (Fsp3) is 0.462. The smallest absolute Gasteiger partial charge is 0.184 e. The highest BCUT2D eigenvalue weighted by molar-refractivity contribution is 7.99. The highest BCUT2D eigenvalue weighted by Crippen LogP contribution is 2.27. The molecule has 2 rings (SSSR count). The zero-order valence-corrected chi connectivity index (χ0v) is 12.2. The Balaban J connectivity index is 1.98. The highest BCUT2D eigenvalue weighted by atomic mass is 32.2. The van der Waals surface area contributed by atoms with Gasteiger partial charge in [-0.3, -0.25) is 0 Å². The Morgan fingerprint density at radius 2 is 2.33 bits per heavy atom. The summed E-state index contributed by atoms with van der Waals surface area (Å²) < 4.78 is 14.0. The maximum Gasteiger partial charge on any atom is 0.184 e. The normalized spacial score (nSPS) is 12.8. The quantitative estimate of drug-likeness (QED) is 0.797. The van der Waals surface area contributed by atoms with Gasteiger partial charge in [0.2, 0.25) is 0 Å². The van der Waals surface area contributed by atoms with Crippen molar-refractivity contribution < 1.29 is 4.39 Å². The van der Waals surface area contributed by atoms with E-state index in [-0.39, 0.29) is 5.82 Å². The van der Waals surface area contributed by atoms with Crippen LogP contribution in [0.25, 0.3) is 10.2 Å². The predicted molar refractivity (Wildman–Crippen MR) is 80.3 cm³/mol. The van der Waals surface area contributed by atoms with E-state index in [0.29, 0.717) is 6.04 Å². The van der Waals surface area contributed by atoms with Crippen LogP contribution in [0.1, 0.15) is 20.3 Å². The lowest BCUT2D eigenvalue weighted by Gasteiger charge is -2.11. The van der Waals surface area contributed by atoms with Crippen LogP contribution in [0.15, 0.2) is 18.2 Å². The molecule has 0 aliphatic carbocycles. The van der Waals surface area contributed by atoms with Crippen LogP contribution < -0.4 is 5.32 Å². The SMILES string of the molecule is CCSCCC(C)Nc1nc2ccc(F)cc2s1. The van der Waals surface area contributed by atoms with Crippen molar-refractivity contribution in [1.29, 1.82) is 0 Å². The van der Waals surface area contributed by atoms with Crippen LogP contribution in [0.3, 0.4) is 0 Å². The lowest BCUT2D eigenvalue weighted by Crippen LogP contribution is -2.15. The number of halogens is 1. The van der Waals surface area contributed by atoms with Gasteiger partial charge in [0.15, 0.2) is 5.13 Å². The number of rotatable bonds is 6. The standard InChI is InChI=1S/C13H17FN2S2/c1-3-17-7-6-9(2)15-13-16-11-5-4-10(14)8-12(11)18-13/h4-5,8-9H,3,6-7H2,1-2H3,(H,15,16). The molecule has 0 saturated heterocycles. The summed E-state index contributed by atoms with van der Waals surface area (Å²) in [7, 11) is 0. The van der Waals surface area contributed by atoms with E-state index in [9.17, 15) is 4.39 Å². The molecule has 18 heavy (non-hydrogen) atoms. The average Bonchev–Trinajstić information content (AvgIpc) is 2.70. The number of thioether (sulfide) groups is 1. The van der Waals surface area contributed by atoms with Gasteiger partial charge in [0.25, 0.3) is 0 Å². The molecule has 98 valence electrons. The fourth-order valence-electron chi connectivity index (χ4n) is 1.65. The van der Waals surface area contributed by atoms with Gasteiger partial charge in [-0.2, -0.15) is 11.8 Å². The number of anilines is 1. The van der Waals surface area contributed by atoms with Crippen molar-refractivity contribution in [2.75, 3.05) is 16.8 Å². The van der Waals surface area contributed by atoms with Crippen LogP contribution in [0.5, 0.6) is 0 Å². The molecule has 1 heterocycles. The van der Waals surface area contributed by atoms with Gasteiger partial charge < -0.3 is 5.32 Å². The third kappa shape index (κ3) is 3.59. The fourth-order valence-corrected chi connectivity index (χ4v) is 3.46. The third-order valence-corrected chi connectivity index (χ3v) is 4.50. The number of aromatic nitrogens is 1. The molecule has 0 amide bonds. The van der Waals surface area contributed by atoms with Gasteiger partial charge in [0.05, 0.1) is 10.2 Å². The molecule has 0 bridgehead atoms. The number of thiazole rings is 1. The van der Waals surface area contributed by atoms with Gasteiger partial charge >= 0.3 is 0 Å². The minimum atomic E-state index is -0.204. The lowest BCUT2D eigenvalue weighted by atomic mass is 10.3. The van der Waals surface area contributed by atoms with Gasteiger partial charge in [-0.05, 0) is 43.0 Å². The van der Waals surface area contributed by atoms with Gasteiger partial charge in [-0.15, -0.1) is 0 Å². The molecule has 0 aliphatic rings. The Hall–Kier alpha value is -0.810. The molecule has 1 atom stereocenters. The summed E-state index contributed by atoms with van der Waals surface area (Å²) in [5.41, 5.74) is 0.860. The number of fused-ring (bicyclic) bond motifs is 1. The number of hydrogen-bond donors (Lipinski definition) is 1. The van der Waals surface area contributed by atoms with Crippen LogP contribution in [-0.4, -0.2) is 22.5 Å². The van der Waals surface area contributed by atoms with Crippen LogP contribution >= 0.6 is 23.1 Å². The molecule has 0 saturated carbocycles. The van der Waals surface area contributed by atoms with Crippen molar-refractivity contribution in [2.24, 2.45) is 0 Å². The topological polar surface area (TPSA) is 24.9 Å². The van der Waals surface area contributed by atoms with E-state index in [1.807, 2.05) is 11.8 Å². The van der Waals surface area contributed by atoms with Crippen molar-refractivity contribution in [3.8, 4) is 0 Å². The minimum Gasteiger partial charge on any atom is -0.359 e. The maximum atomic E-state index is 13.1. The van der Waals surface area contributed by atoms with Gasteiger partial charge in [-0.1, -0.05) is 18.3 Å². The molecular formula is C13H17FN2S2. The van der Waals surface area contributed by atoms with Crippen molar-refractivity contribution in [3.63, 3.8) is 0 Å². The molecule has 1 aromatic heterocycles. The second kappa shape index (κ2) is 6.38. The predicted octanol–water partition coefficient (Wildman–Crippen LogP) is 4.38. The van der Waals surface area contributed by atoms with Crippen molar-refractivity contribution in [2.45, 2.75) is 26.3 Å². The molecule has 1 N–H and O–H groups in total. The van der Waals surface area contributed by atoms with Crippen molar-refractivity contribution in [1.82, 2.24) is 4.98 Å². The molecule has 5 heteroatoms. The molecule has 0 aliphatic heterocycles. The maximum absolute atomic E-state index is 13.1. The van der Waals surface area contributed by atoms with E-state index in [1.165, 1.54) is 23.5 Å². The summed E-state index contributed by atoms with van der Waals surface area (Å²) in [4.78, 5) is 4.46. The Morgan fingerprint density at radius 3 is 3.11 bits per heavy atom. The summed E-state index contributed by atoms with van der Waals surface area (Å²) in [6.45, 7) is 4.33. The Labute approximate surface area is 115 Å². The van der Waals surface area contributed by atoms with E-state index in [4.69, 9.17) is 0 Å². The first-order valence-corrected chi connectivity index (χ1v) is 8.06. The first-order chi connectivity index (χ1) is 8.69. The van der Waals surface area contributed by atoms with E-state index in [2.05, 4.69) is 24.1 Å². The van der Waals surface area contributed by atoms with Gasteiger partial charge in [-0.25, -0.2) is 9.37 Å². The van der Waals surface area contributed by atoms with E-state index in [0.717, 1.165) is 33.3 Å². The highest BCUT2D eigenvalue weighted by Gasteiger charge is 2.07. The molecule has 0 spiro atoms. The first-order valence-electron chi connectivity index (χ1n) is 6.09. The van der Waals surface area contributed by atoms with Gasteiger partial charge in [0.1, 0.15) is 5.82 Å². The van der Waals surface area contributed by atoms with Crippen LogP contribution in [-0.2, 0) is 0 Å². The summed E-state index contributed by atoms with van der Waals surface area (Å²) >= 11 is 3.46. The van der Waals surface area contributed by atoms with Crippen LogP contribution in [0, 0.1) is 5.82 Å². The number of nitrogens with zero attached hydrogens (tertiary/aromatic N) is 1. The first kappa shape index (κ1) is 13.6. The number of hydrogen-bond acceptors (Lipinski definition) is 4. The molecule has 2 aromatic rings. The molecular weight excluding hydrogens is 267 g/mol. The summed E-state index contributed by atoms with van der Waals surface area (Å²) in [6, 6.07) is 5.11. The summed E-state index contributed by atoms with van der Waals surface area (Å²) in [5.74, 6) is 2.11. The molecule has 1 aromatic carbocycles. The second-order valence-corrected chi connectivity index (χ2v) is 6.59. The summed E-state index contributed by atoms with van der Waals surface area (Å²) in [6.07, 6.45) is 1.11. The van der Waals surface area contributed by atoms with E-state index >= 15 is 0 Å². The second-order valence-electron chi connectivity index (χ2n) is 4.16. The zero-order chi connectivity index (χ0) is 13.0.